The van der Waals surface area contributed by atoms with Crippen molar-refractivity contribution in [2.24, 2.45) is 11.8 Å². The maximum Gasteiger partial charge on any atom is 0.308 e. The molecule has 2 saturated heterocycles. The van der Waals surface area contributed by atoms with Crippen LogP contribution in [0.25, 0.3) is 0 Å². The van der Waals surface area contributed by atoms with E-state index in [9.17, 15) is 19.5 Å². The van der Waals surface area contributed by atoms with E-state index < -0.39 is 11.9 Å². The summed E-state index contributed by atoms with van der Waals surface area (Å²) in [6, 6.07) is 5.87. The fraction of sp³-hybridized carbons (Fsp3) is 0.591. The lowest BCUT2D eigenvalue weighted by Crippen LogP contribution is -2.52. The van der Waals surface area contributed by atoms with Crippen LogP contribution in [0, 0.1) is 25.7 Å². The quantitative estimate of drug-likeness (QED) is 0.866. The highest BCUT2D eigenvalue weighted by Crippen LogP contribution is 2.27. The first-order valence-corrected chi connectivity index (χ1v) is 10.2. The van der Waals surface area contributed by atoms with E-state index in [1.54, 1.807) is 9.80 Å². The molecule has 0 bridgehead atoms. The smallest absolute Gasteiger partial charge is 0.308 e. The number of likely N-dealkylation sites (tertiary alicyclic amines) is 2. The van der Waals surface area contributed by atoms with Crippen molar-refractivity contribution >= 4 is 17.8 Å². The number of aliphatic carboxylic acids is 1. The number of carbonyl (C=O) groups excluding carboxylic acids is 2. The maximum absolute atomic E-state index is 13.1. The molecule has 1 aromatic carbocycles. The minimum absolute atomic E-state index is 0.00336. The third-order valence-electron chi connectivity index (χ3n) is 6.04. The number of benzene rings is 1. The van der Waals surface area contributed by atoms with Crippen molar-refractivity contribution in [2.75, 3.05) is 19.6 Å². The van der Waals surface area contributed by atoms with Crippen LogP contribution in [0.2, 0.25) is 0 Å². The molecule has 6 nitrogen and oxygen atoms in total. The molecular formula is C22H30N2O4. The maximum atomic E-state index is 13.1. The van der Waals surface area contributed by atoms with Gasteiger partial charge in [-0.15, -0.1) is 0 Å². The Labute approximate surface area is 166 Å². The van der Waals surface area contributed by atoms with E-state index in [4.69, 9.17) is 0 Å². The number of carboxylic acids is 1. The highest BCUT2D eigenvalue weighted by molar-refractivity contribution is 5.95. The summed E-state index contributed by atoms with van der Waals surface area (Å²) in [4.78, 5) is 41.0. The van der Waals surface area contributed by atoms with Gasteiger partial charge in [0.25, 0.3) is 5.91 Å². The first-order valence-electron chi connectivity index (χ1n) is 10.2. The van der Waals surface area contributed by atoms with Crippen LogP contribution < -0.4 is 0 Å². The molecule has 3 rings (SSSR count). The highest BCUT2D eigenvalue weighted by Gasteiger charge is 2.37. The molecule has 0 aromatic heterocycles. The summed E-state index contributed by atoms with van der Waals surface area (Å²) < 4.78 is 0. The minimum Gasteiger partial charge on any atom is -0.481 e. The number of hydrogen-bond acceptors (Lipinski definition) is 3. The van der Waals surface area contributed by atoms with Crippen LogP contribution >= 0.6 is 0 Å². The van der Waals surface area contributed by atoms with E-state index >= 15 is 0 Å². The molecule has 0 aliphatic carbocycles. The molecule has 3 unspecified atom stereocenters. The van der Waals surface area contributed by atoms with Crippen LogP contribution in [-0.4, -0.2) is 58.4 Å². The third-order valence-corrected chi connectivity index (χ3v) is 6.04. The number of rotatable bonds is 3. The topological polar surface area (TPSA) is 77.9 Å². The van der Waals surface area contributed by atoms with Gasteiger partial charge in [-0.3, -0.25) is 14.4 Å². The monoisotopic (exact) mass is 386 g/mol. The molecule has 0 saturated carbocycles. The Hall–Kier alpha value is -2.37. The summed E-state index contributed by atoms with van der Waals surface area (Å²) in [7, 11) is 0. The van der Waals surface area contributed by atoms with Crippen molar-refractivity contribution < 1.29 is 19.5 Å². The standard InChI is InChI=1S/C22H30N2O4/c1-14-9-15(2)11-19(10-14)20(25)23-8-4-5-17(12-23)21(26)24-13-18(22(27)28)7-6-16(24)3/h9-11,16-18H,4-8,12-13H2,1-3H3,(H,27,28). The van der Waals surface area contributed by atoms with Gasteiger partial charge in [0, 0.05) is 31.2 Å². The number of nitrogens with zero attached hydrogens (tertiary/aromatic N) is 2. The average molecular weight is 386 g/mol. The fourth-order valence-corrected chi connectivity index (χ4v) is 4.49. The van der Waals surface area contributed by atoms with E-state index in [1.807, 2.05) is 39.0 Å². The molecule has 2 fully saturated rings. The van der Waals surface area contributed by atoms with Gasteiger partial charge in [-0.05, 0) is 58.6 Å². The molecule has 0 spiro atoms. The van der Waals surface area contributed by atoms with Gasteiger partial charge >= 0.3 is 5.97 Å². The van der Waals surface area contributed by atoms with Crippen LogP contribution in [0.1, 0.15) is 54.1 Å². The first kappa shape index (κ1) is 20.4. The van der Waals surface area contributed by atoms with Crippen LogP contribution in [0.3, 0.4) is 0 Å². The Morgan fingerprint density at radius 2 is 1.64 bits per heavy atom. The van der Waals surface area contributed by atoms with E-state index in [2.05, 4.69) is 0 Å². The van der Waals surface area contributed by atoms with Gasteiger partial charge in [0.15, 0.2) is 0 Å². The minimum atomic E-state index is -0.833. The number of aryl methyl sites for hydroxylation is 2. The molecule has 152 valence electrons. The van der Waals surface area contributed by atoms with Crippen molar-refractivity contribution in [3.63, 3.8) is 0 Å². The first-order chi connectivity index (χ1) is 13.3. The fourth-order valence-electron chi connectivity index (χ4n) is 4.49. The molecule has 1 aromatic rings. The lowest BCUT2D eigenvalue weighted by molar-refractivity contribution is -0.149. The number of hydrogen-bond donors (Lipinski definition) is 1. The van der Waals surface area contributed by atoms with Crippen molar-refractivity contribution in [1.29, 1.82) is 0 Å². The molecule has 1 N–H and O–H groups in total. The van der Waals surface area contributed by atoms with E-state index in [1.165, 1.54) is 0 Å². The van der Waals surface area contributed by atoms with Gasteiger partial charge in [0.05, 0.1) is 11.8 Å². The van der Waals surface area contributed by atoms with Gasteiger partial charge in [0.1, 0.15) is 0 Å². The summed E-state index contributed by atoms with van der Waals surface area (Å²) in [5.74, 6) is -1.61. The number of carbonyl (C=O) groups is 3. The second-order valence-corrected chi connectivity index (χ2v) is 8.42. The lowest BCUT2D eigenvalue weighted by Gasteiger charge is -2.40. The van der Waals surface area contributed by atoms with Gasteiger partial charge in [-0.25, -0.2) is 0 Å². The van der Waals surface area contributed by atoms with Gasteiger partial charge < -0.3 is 14.9 Å². The zero-order valence-electron chi connectivity index (χ0n) is 17.0. The number of piperidine rings is 2. The van der Waals surface area contributed by atoms with E-state index in [0.717, 1.165) is 24.0 Å². The molecular weight excluding hydrogens is 356 g/mol. The zero-order chi connectivity index (χ0) is 20.4. The zero-order valence-corrected chi connectivity index (χ0v) is 17.0. The average Bonchev–Trinajstić information content (AvgIpc) is 2.66. The summed E-state index contributed by atoms with van der Waals surface area (Å²) >= 11 is 0. The van der Waals surface area contributed by atoms with Crippen LogP contribution in [0.5, 0.6) is 0 Å². The second-order valence-electron chi connectivity index (χ2n) is 8.42. The van der Waals surface area contributed by atoms with Crippen LogP contribution in [0.15, 0.2) is 18.2 Å². The van der Waals surface area contributed by atoms with E-state index in [-0.39, 0.29) is 30.3 Å². The summed E-state index contributed by atoms with van der Waals surface area (Å²) in [6.45, 7) is 7.27. The molecule has 2 heterocycles. The predicted molar refractivity (Wildman–Crippen MR) is 106 cm³/mol. The van der Waals surface area contributed by atoms with Crippen molar-refractivity contribution in [2.45, 2.75) is 52.5 Å². The Morgan fingerprint density at radius 1 is 0.964 bits per heavy atom. The number of carboxylic acid groups (broad SMARTS) is 1. The summed E-state index contributed by atoms with van der Waals surface area (Å²) in [5, 5.41) is 9.33. The molecule has 2 aliphatic rings. The van der Waals surface area contributed by atoms with Gasteiger partial charge in [-0.1, -0.05) is 17.2 Å². The summed E-state index contributed by atoms with van der Waals surface area (Å²) in [6.07, 6.45) is 2.86. The van der Waals surface area contributed by atoms with Gasteiger partial charge in [-0.2, -0.15) is 0 Å². The van der Waals surface area contributed by atoms with Crippen molar-refractivity contribution in [3.05, 3.63) is 34.9 Å². The van der Waals surface area contributed by atoms with Crippen molar-refractivity contribution in [1.82, 2.24) is 9.80 Å². The molecule has 3 atom stereocenters. The molecule has 0 radical (unpaired) electrons. The molecule has 2 amide bonds. The molecule has 2 aliphatic heterocycles. The van der Waals surface area contributed by atoms with Crippen LogP contribution in [0.4, 0.5) is 0 Å². The largest absolute Gasteiger partial charge is 0.481 e. The Kier molecular flexibility index (Phi) is 6.06. The molecule has 28 heavy (non-hydrogen) atoms. The van der Waals surface area contributed by atoms with Gasteiger partial charge in [0.2, 0.25) is 5.91 Å². The summed E-state index contributed by atoms with van der Waals surface area (Å²) in [5.41, 5.74) is 2.77. The third kappa shape index (κ3) is 4.37. The SMILES string of the molecule is Cc1cc(C)cc(C(=O)N2CCCC(C(=O)N3CC(C(=O)O)CCC3C)C2)c1. The Balaban J connectivity index is 1.70. The van der Waals surface area contributed by atoms with E-state index in [0.29, 0.717) is 31.5 Å². The lowest BCUT2D eigenvalue weighted by atomic mass is 9.90. The number of amides is 2. The van der Waals surface area contributed by atoms with Crippen molar-refractivity contribution in [3.8, 4) is 0 Å². The Bertz CT molecular complexity index is 756. The molecule has 6 heteroatoms. The second kappa shape index (κ2) is 8.33. The normalized spacial score (nSPS) is 25.5. The van der Waals surface area contributed by atoms with Crippen LogP contribution in [-0.2, 0) is 9.59 Å². The highest BCUT2D eigenvalue weighted by atomic mass is 16.4. The predicted octanol–water partition coefficient (Wildman–Crippen LogP) is 2.87. The Morgan fingerprint density at radius 3 is 2.29 bits per heavy atom.